The van der Waals surface area contributed by atoms with Gasteiger partial charge in [0.15, 0.2) is 6.04 Å². The average molecular weight is 422 g/mol. The Labute approximate surface area is 173 Å². The minimum Gasteiger partial charge on any atom is -0.496 e. The number of carbonyl (C=O) groups excluding carboxylic acids is 1. The van der Waals surface area contributed by atoms with Gasteiger partial charge in [0.2, 0.25) is 5.91 Å². The van der Waals surface area contributed by atoms with Gasteiger partial charge in [0, 0.05) is 36.7 Å². The van der Waals surface area contributed by atoms with E-state index in [4.69, 9.17) is 4.74 Å². The molecule has 162 valence electrons. The Morgan fingerprint density at radius 1 is 1.33 bits per heavy atom. The maximum atomic E-state index is 13.5. The van der Waals surface area contributed by atoms with E-state index in [-0.39, 0.29) is 30.7 Å². The lowest BCUT2D eigenvalue weighted by Gasteiger charge is -2.31. The lowest BCUT2D eigenvalue weighted by molar-refractivity contribution is -0.173. The molecule has 2 aliphatic rings. The van der Waals surface area contributed by atoms with Gasteiger partial charge in [0.05, 0.1) is 19.2 Å². The number of benzene rings is 1. The molecule has 3 atom stereocenters. The van der Waals surface area contributed by atoms with Gasteiger partial charge in [-0.25, -0.2) is 4.68 Å². The number of aromatic nitrogens is 2. The van der Waals surface area contributed by atoms with Crippen molar-refractivity contribution in [1.82, 2.24) is 14.7 Å². The van der Waals surface area contributed by atoms with Crippen molar-refractivity contribution in [2.75, 3.05) is 25.5 Å². The number of nitrogens with zero attached hydrogens (tertiary/aromatic N) is 3. The number of methoxy groups -OCH3 is 1. The summed E-state index contributed by atoms with van der Waals surface area (Å²) >= 11 is 0. The number of rotatable bonds is 4. The third kappa shape index (κ3) is 3.97. The molecule has 9 heteroatoms. The molecule has 1 amide bonds. The number of ether oxygens (including phenoxy) is 1. The summed E-state index contributed by atoms with van der Waals surface area (Å²) < 4.78 is 46.8. The van der Waals surface area contributed by atoms with Gasteiger partial charge in [-0.05, 0) is 25.8 Å². The van der Waals surface area contributed by atoms with Gasteiger partial charge in [-0.1, -0.05) is 18.2 Å². The number of hydrogen-bond acceptors (Lipinski definition) is 4. The van der Waals surface area contributed by atoms with Crippen LogP contribution in [-0.2, 0) is 11.2 Å². The van der Waals surface area contributed by atoms with E-state index < -0.39 is 12.2 Å². The van der Waals surface area contributed by atoms with E-state index in [2.05, 4.69) is 10.4 Å². The zero-order chi connectivity index (χ0) is 21.5. The summed E-state index contributed by atoms with van der Waals surface area (Å²) in [5, 5.41) is 7.39. The van der Waals surface area contributed by atoms with Crippen molar-refractivity contribution in [3.05, 3.63) is 41.6 Å². The Morgan fingerprint density at radius 2 is 2.10 bits per heavy atom. The highest BCUT2D eigenvalue weighted by molar-refractivity contribution is 5.80. The summed E-state index contributed by atoms with van der Waals surface area (Å²) in [6.45, 7) is 2.76. The van der Waals surface area contributed by atoms with E-state index in [1.165, 1.54) is 0 Å². The fourth-order valence-corrected chi connectivity index (χ4v) is 4.33. The van der Waals surface area contributed by atoms with Crippen LogP contribution in [0, 0.1) is 0 Å². The van der Waals surface area contributed by atoms with Crippen LogP contribution in [-0.4, -0.2) is 53.0 Å². The first-order chi connectivity index (χ1) is 14.3. The van der Waals surface area contributed by atoms with E-state index in [9.17, 15) is 18.0 Å². The average Bonchev–Trinajstić information content (AvgIpc) is 3.34. The molecule has 0 aliphatic carbocycles. The fraction of sp³-hybridized carbons (Fsp3) is 0.524. The summed E-state index contributed by atoms with van der Waals surface area (Å²) in [5.74, 6) is 0.966. The number of anilines is 1. The van der Waals surface area contributed by atoms with Crippen molar-refractivity contribution >= 4 is 11.7 Å². The Hall–Kier alpha value is -2.71. The van der Waals surface area contributed by atoms with Crippen LogP contribution in [0.2, 0.25) is 0 Å². The molecular formula is C21H25F3N4O2. The third-order valence-corrected chi connectivity index (χ3v) is 5.89. The van der Waals surface area contributed by atoms with Crippen LogP contribution in [0.15, 0.2) is 30.3 Å². The van der Waals surface area contributed by atoms with E-state index in [1.807, 2.05) is 24.3 Å². The van der Waals surface area contributed by atoms with Crippen LogP contribution in [0.5, 0.6) is 5.75 Å². The predicted octanol–water partition coefficient (Wildman–Crippen LogP) is 3.76. The Balaban J connectivity index is 1.47. The van der Waals surface area contributed by atoms with Crippen molar-refractivity contribution in [1.29, 1.82) is 0 Å². The number of fused-ring (bicyclic) bond motifs is 1. The molecule has 2 aliphatic heterocycles. The first kappa shape index (κ1) is 20.6. The molecule has 1 aromatic heterocycles. The van der Waals surface area contributed by atoms with Crippen LogP contribution < -0.4 is 10.1 Å². The molecule has 0 spiro atoms. The molecule has 0 saturated carbocycles. The number of alkyl halides is 3. The molecular weight excluding hydrogens is 397 g/mol. The van der Waals surface area contributed by atoms with Crippen molar-refractivity contribution in [2.24, 2.45) is 0 Å². The van der Waals surface area contributed by atoms with Gasteiger partial charge in [-0.15, -0.1) is 0 Å². The number of hydrogen-bond donors (Lipinski definition) is 1. The lowest BCUT2D eigenvalue weighted by Crippen LogP contribution is -2.37. The summed E-state index contributed by atoms with van der Waals surface area (Å²) in [4.78, 5) is 14.5. The second-order valence-electron chi connectivity index (χ2n) is 8.05. The molecule has 3 heterocycles. The van der Waals surface area contributed by atoms with E-state index >= 15 is 0 Å². The molecule has 2 aromatic rings. The summed E-state index contributed by atoms with van der Waals surface area (Å²) in [6, 6.07) is 7.18. The smallest absolute Gasteiger partial charge is 0.410 e. The minimum atomic E-state index is -4.35. The van der Waals surface area contributed by atoms with Gasteiger partial charge in [-0.2, -0.15) is 18.3 Å². The van der Waals surface area contributed by atoms with Crippen LogP contribution in [0.4, 0.5) is 19.0 Å². The van der Waals surface area contributed by atoms with Gasteiger partial charge >= 0.3 is 6.18 Å². The first-order valence-electron chi connectivity index (χ1n) is 10.1. The highest BCUT2D eigenvalue weighted by Crippen LogP contribution is 2.40. The lowest BCUT2D eigenvalue weighted by atomic mass is 10.0. The summed E-state index contributed by atoms with van der Waals surface area (Å²) in [6.07, 6.45) is -3.49. The second-order valence-corrected chi connectivity index (χ2v) is 8.05. The highest BCUT2D eigenvalue weighted by atomic mass is 19.4. The number of halogens is 3. The van der Waals surface area contributed by atoms with Gasteiger partial charge in [0.1, 0.15) is 11.6 Å². The third-order valence-electron chi connectivity index (χ3n) is 5.89. The quantitative estimate of drug-likeness (QED) is 0.815. The summed E-state index contributed by atoms with van der Waals surface area (Å²) in [7, 11) is 1.57. The van der Waals surface area contributed by atoms with E-state index in [0.717, 1.165) is 10.2 Å². The van der Waals surface area contributed by atoms with E-state index in [0.29, 0.717) is 36.8 Å². The number of para-hydroxylation sites is 1. The molecule has 1 N–H and O–H groups in total. The van der Waals surface area contributed by atoms with Gasteiger partial charge in [-0.3, -0.25) is 4.79 Å². The molecule has 0 radical (unpaired) electrons. The molecule has 1 aromatic carbocycles. The standard InChI is InChI=1S/C21H25F3N4O2/c1-13-9-18(21(22,23)24)28-19(25-13)11-16(26-28)15-7-8-27(12-15)20(29)10-14-5-3-4-6-17(14)30-2/h3-6,11,13,15,18,25H,7-10,12H2,1-2H3/t13-,15-,18-/m1/s1. The molecule has 1 fully saturated rings. The van der Waals surface area contributed by atoms with Crippen LogP contribution in [0.25, 0.3) is 0 Å². The first-order valence-corrected chi connectivity index (χ1v) is 10.1. The zero-order valence-electron chi connectivity index (χ0n) is 16.9. The number of carbonyl (C=O) groups is 1. The van der Waals surface area contributed by atoms with Crippen molar-refractivity contribution in [3.8, 4) is 5.75 Å². The predicted molar refractivity (Wildman–Crippen MR) is 106 cm³/mol. The number of likely N-dealkylation sites (tertiary alicyclic amines) is 1. The van der Waals surface area contributed by atoms with Crippen molar-refractivity contribution < 1.29 is 22.7 Å². The molecule has 30 heavy (non-hydrogen) atoms. The topological polar surface area (TPSA) is 59.4 Å². The van der Waals surface area contributed by atoms with Crippen molar-refractivity contribution in [2.45, 2.75) is 50.4 Å². The minimum absolute atomic E-state index is 0.0223. The summed E-state index contributed by atoms with van der Waals surface area (Å²) in [5.41, 5.74) is 1.42. The molecule has 4 rings (SSSR count). The largest absolute Gasteiger partial charge is 0.496 e. The van der Waals surface area contributed by atoms with Crippen LogP contribution >= 0.6 is 0 Å². The molecule has 6 nitrogen and oxygen atoms in total. The fourth-order valence-electron chi connectivity index (χ4n) is 4.33. The second kappa shape index (κ2) is 7.85. The Bertz CT molecular complexity index is 927. The zero-order valence-corrected chi connectivity index (χ0v) is 16.9. The van der Waals surface area contributed by atoms with Crippen LogP contribution in [0.3, 0.4) is 0 Å². The Kier molecular flexibility index (Phi) is 5.38. The molecule has 0 unspecified atom stereocenters. The monoisotopic (exact) mass is 422 g/mol. The molecule has 0 bridgehead atoms. The SMILES string of the molecule is COc1ccccc1CC(=O)N1CC[C@@H](c2cc3n(n2)[C@@H](C(F)(F)F)C[C@@H](C)N3)C1. The number of amides is 1. The highest BCUT2D eigenvalue weighted by Gasteiger charge is 2.46. The maximum Gasteiger partial charge on any atom is 0.410 e. The van der Waals surface area contributed by atoms with Crippen LogP contribution in [0.1, 0.15) is 43.0 Å². The van der Waals surface area contributed by atoms with Gasteiger partial charge in [0.25, 0.3) is 0 Å². The van der Waals surface area contributed by atoms with Crippen molar-refractivity contribution in [3.63, 3.8) is 0 Å². The van der Waals surface area contributed by atoms with Gasteiger partial charge < -0.3 is 15.0 Å². The molecule has 1 saturated heterocycles. The number of nitrogens with one attached hydrogen (secondary N) is 1. The Morgan fingerprint density at radius 3 is 2.83 bits per heavy atom. The normalized spacial score (nSPS) is 23.8. The maximum absolute atomic E-state index is 13.5. The van der Waals surface area contributed by atoms with E-state index in [1.54, 1.807) is 25.0 Å².